The van der Waals surface area contributed by atoms with E-state index in [1.165, 1.54) is 0 Å². The summed E-state index contributed by atoms with van der Waals surface area (Å²) >= 11 is 6.70. The zero-order chi connectivity index (χ0) is 13.2. The van der Waals surface area contributed by atoms with Crippen LogP contribution in [0.5, 0.6) is 0 Å². The molecular formula is C13H12Br2N2O. The Morgan fingerprint density at radius 1 is 1.22 bits per heavy atom. The maximum absolute atomic E-state index is 12.2. The lowest BCUT2D eigenvalue weighted by atomic mass is 9.99. The topological polar surface area (TPSA) is 52.9 Å². The molecule has 94 valence electrons. The van der Waals surface area contributed by atoms with Gasteiger partial charge in [-0.3, -0.25) is 4.79 Å². The highest BCUT2D eigenvalue weighted by atomic mass is 79.9. The molecule has 1 aliphatic rings. The summed E-state index contributed by atoms with van der Waals surface area (Å²) < 4.78 is 1.67. The van der Waals surface area contributed by atoms with Crippen LogP contribution < -0.4 is 5.32 Å². The molecule has 0 unspecified atom stereocenters. The summed E-state index contributed by atoms with van der Waals surface area (Å²) in [5.41, 5.74) is -0.121. The Morgan fingerprint density at radius 2 is 1.78 bits per heavy atom. The normalized spacial score (nSPS) is 17.2. The van der Waals surface area contributed by atoms with E-state index in [4.69, 9.17) is 0 Å². The van der Waals surface area contributed by atoms with Gasteiger partial charge < -0.3 is 5.32 Å². The van der Waals surface area contributed by atoms with Crippen LogP contribution in [0.2, 0.25) is 0 Å². The highest BCUT2D eigenvalue weighted by Crippen LogP contribution is 2.29. The number of nitrogens with one attached hydrogen (secondary N) is 1. The van der Waals surface area contributed by atoms with E-state index in [0.29, 0.717) is 5.56 Å². The number of halogens is 2. The lowest BCUT2D eigenvalue weighted by molar-refractivity contribution is 0.0920. The van der Waals surface area contributed by atoms with E-state index >= 15 is 0 Å². The molecule has 1 fully saturated rings. The highest BCUT2D eigenvalue weighted by molar-refractivity contribution is 9.11. The Kier molecular flexibility index (Phi) is 4.08. The molecule has 1 aliphatic carbocycles. The van der Waals surface area contributed by atoms with Crippen molar-refractivity contribution < 1.29 is 4.79 Å². The van der Waals surface area contributed by atoms with Crippen LogP contribution in [0.15, 0.2) is 27.1 Å². The van der Waals surface area contributed by atoms with Crippen molar-refractivity contribution in [1.29, 1.82) is 5.26 Å². The molecular weight excluding hydrogens is 360 g/mol. The molecule has 2 rings (SSSR count). The van der Waals surface area contributed by atoms with Gasteiger partial charge in [-0.25, -0.2) is 0 Å². The average Bonchev–Trinajstić information content (AvgIpc) is 2.77. The number of benzene rings is 1. The summed E-state index contributed by atoms with van der Waals surface area (Å²) in [6, 6.07) is 7.62. The Balaban J connectivity index is 2.19. The number of carbonyl (C=O) groups is 1. The fourth-order valence-corrected chi connectivity index (χ4v) is 3.51. The van der Waals surface area contributed by atoms with Crippen molar-refractivity contribution in [1.82, 2.24) is 5.32 Å². The molecule has 0 spiro atoms. The van der Waals surface area contributed by atoms with Gasteiger partial charge in [0.1, 0.15) is 5.54 Å². The maximum Gasteiger partial charge on any atom is 0.252 e. The van der Waals surface area contributed by atoms with Gasteiger partial charge in [-0.1, -0.05) is 31.9 Å². The molecule has 0 atom stereocenters. The SMILES string of the molecule is N#CC1(NC(=O)c2cc(Br)cc(Br)c2)CCCC1. The lowest BCUT2D eigenvalue weighted by Gasteiger charge is -2.22. The van der Waals surface area contributed by atoms with Crippen LogP contribution in [0, 0.1) is 11.3 Å². The monoisotopic (exact) mass is 370 g/mol. The standard InChI is InChI=1S/C13H12Br2N2O/c14-10-5-9(6-11(15)7-10)12(18)17-13(8-16)3-1-2-4-13/h5-7H,1-4H2,(H,17,18). The summed E-state index contributed by atoms with van der Waals surface area (Å²) in [6.07, 6.45) is 3.47. The van der Waals surface area contributed by atoms with E-state index in [1.807, 2.05) is 6.07 Å². The molecule has 0 aliphatic heterocycles. The summed E-state index contributed by atoms with van der Waals surface area (Å²) in [4.78, 5) is 12.2. The largest absolute Gasteiger partial charge is 0.334 e. The predicted molar refractivity (Wildman–Crippen MR) is 76.1 cm³/mol. The van der Waals surface area contributed by atoms with Crippen molar-refractivity contribution in [2.24, 2.45) is 0 Å². The first-order chi connectivity index (χ1) is 8.54. The molecule has 1 saturated carbocycles. The summed E-state index contributed by atoms with van der Waals surface area (Å²) in [5, 5.41) is 12.1. The van der Waals surface area contributed by atoms with Crippen LogP contribution >= 0.6 is 31.9 Å². The average molecular weight is 372 g/mol. The van der Waals surface area contributed by atoms with Gasteiger partial charge in [0.05, 0.1) is 6.07 Å². The van der Waals surface area contributed by atoms with Crippen molar-refractivity contribution >= 4 is 37.8 Å². The summed E-state index contributed by atoms with van der Waals surface area (Å²) in [6.45, 7) is 0. The summed E-state index contributed by atoms with van der Waals surface area (Å²) in [7, 11) is 0. The Bertz CT molecular complexity index is 496. The van der Waals surface area contributed by atoms with Crippen LogP contribution in [0.4, 0.5) is 0 Å². The number of amides is 1. The maximum atomic E-state index is 12.2. The first kappa shape index (κ1) is 13.6. The van der Waals surface area contributed by atoms with Crippen LogP contribution in [0.25, 0.3) is 0 Å². The van der Waals surface area contributed by atoms with Crippen molar-refractivity contribution in [2.45, 2.75) is 31.2 Å². The van der Waals surface area contributed by atoms with Crippen molar-refractivity contribution in [3.8, 4) is 6.07 Å². The minimum absolute atomic E-state index is 0.194. The zero-order valence-electron chi connectivity index (χ0n) is 9.67. The number of nitrogens with zero attached hydrogens (tertiary/aromatic N) is 1. The molecule has 0 heterocycles. The van der Waals surface area contributed by atoms with Crippen LogP contribution in [0.1, 0.15) is 36.0 Å². The van der Waals surface area contributed by atoms with Crippen molar-refractivity contribution in [3.05, 3.63) is 32.7 Å². The fraction of sp³-hybridized carbons (Fsp3) is 0.385. The molecule has 3 nitrogen and oxygen atoms in total. The lowest BCUT2D eigenvalue weighted by Crippen LogP contribution is -2.45. The molecule has 1 aromatic carbocycles. The smallest absolute Gasteiger partial charge is 0.252 e. The number of nitriles is 1. The Labute approximate surface area is 123 Å². The van der Waals surface area contributed by atoms with Crippen molar-refractivity contribution in [3.63, 3.8) is 0 Å². The quantitative estimate of drug-likeness (QED) is 0.859. The fourth-order valence-electron chi connectivity index (χ4n) is 2.22. The second-order valence-electron chi connectivity index (χ2n) is 4.51. The number of hydrogen-bond donors (Lipinski definition) is 1. The molecule has 1 amide bonds. The number of hydrogen-bond acceptors (Lipinski definition) is 2. The Hall–Kier alpha value is -0.860. The molecule has 1 aromatic rings. The second-order valence-corrected chi connectivity index (χ2v) is 6.34. The van der Waals surface area contributed by atoms with Crippen molar-refractivity contribution in [2.75, 3.05) is 0 Å². The van der Waals surface area contributed by atoms with Gasteiger partial charge in [0.25, 0.3) is 5.91 Å². The van der Waals surface area contributed by atoms with E-state index in [2.05, 4.69) is 43.2 Å². The highest BCUT2D eigenvalue weighted by Gasteiger charge is 2.35. The van der Waals surface area contributed by atoms with E-state index < -0.39 is 5.54 Å². The van der Waals surface area contributed by atoms with Crippen LogP contribution in [-0.4, -0.2) is 11.4 Å². The molecule has 0 radical (unpaired) electrons. The van der Waals surface area contributed by atoms with Crippen LogP contribution in [0.3, 0.4) is 0 Å². The zero-order valence-corrected chi connectivity index (χ0v) is 12.8. The van der Waals surface area contributed by atoms with E-state index in [0.717, 1.165) is 34.6 Å². The van der Waals surface area contributed by atoms with Crippen LogP contribution in [-0.2, 0) is 0 Å². The van der Waals surface area contributed by atoms with Gasteiger partial charge in [-0.2, -0.15) is 5.26 Å². The first-order valence-corrected chi connectivity index (χ1v) is 7.33. The third-order valence-electron chi connectivity index (χ3n) is 3.15. The van der Waals surface area contributed by atoms with E-state index in [9.17, 15) is 10.1 Å². The third-order valence-corrected chi connectivity index (χ3v) is 4.06. The predicted octanol–water partition coefficient (Wildman–Crippen LogP) is 3.78. The van der Waals surface area contributed by atoms with Gasteiger partial charge in [-0.05, 0) is 43.9 Å². The minimum Gasteiger partial charge on any atom is -0.334 e. The molecule has 0 bridgehead atoms. The minimum atomic E-state index is -0.675. The van der Waals surface area contributed by atoms with Gasteiger partial charge in [0.2, 0.25) is 0 Å². The number of carbonyl (C=O) groups excluding carboxylic acids is 1. The van der Waals surface area contributed by atoms with Gasteiger partial charge in [-0.15, -0.1) is 0 Å². The third kappa shape index (κ3) is 2.93. The molecule has 0 aromatic heterocycles. The number of rotatable bonds is 2. The second kappa shape index (κ2) is 5.41. The molecule has 1 N–H and O–H groups in total. The first-order valence-electron chi connectivity index (χ1n) is 5.74. The summed E-state index contributed by atoms with van der Waals surface area (Å²) in [5.74, 6) is -0.194. The van der Waals surface area contributed by atoms with Gasteiger partial charge >= 0.3 is 0 Å². The molecule has 0 saturated heterocycles. The Morgan fingerprint density at radius 3 is 2.28 bits per heavy atom. The van der Waals surface area contributed by atoms with Gasteiger partial charge in [0.15, 0.2) is 0 Å². The van der Waals surface area contributed by atoms with E-state index in [-0.39, 0.29) is 5.91 Å². The molecule has 5 heteroatoms. The van der Waals surface area contributed by atoms with Gasteiger partial charge in [0, 0.05) is 14.5 Å². The van der Waals surface area contributed by atoms with E-state index in [1.54, 1.807) is 12.1 Å². The molecule has 18 heavy (non-hydrogen) atoms.